The average Bonchev–Trinajstić information content (AvgIpc) is 2.97. The van der Waals surface area contributed by atoms with Crippen LogP contribution in [0, 0.1) is 0 Å². The van der Waals surface area contributed by atoms with E-state index in [1.807, 2.05) is 0 Å². The number of halogens is 4. The molecule has 1 aromatic carbocycles. The summed E-state index contributed by atoms with van der Waals surface area (Å²) in [5, 5.41) is 0.435. The van der Waals surface area contributed by atoms with Crippen LogP contribution < -0.4 is 4.90 Å². The summed E-state index contributed by atoms with van der Waals surface area (Å²) in [5.74, 6) is -1.59. The third-order valence-electron chi connectivity index (χ3n) is 4.19. The second-order valence-corrected chi connectivity index (χ2v) is 7.14. The summed E-state index contributed by atoms with van der Waals surface area (Å²) < 4.78 is 46.3. The summed E-state index contributed by atoms with van der Waals surface area (Å²) in [7, 11) is 0.880. The van der Waals surface area contributed by atoms with Gasteiger partial charge in [-0.1, -0.05) is 11.6 Å². The monoisotopic (exact) mass is 420 g/mol. The minimum absolute atomic E-state index is 0.00751. The van der Waals surface area contributed by atoms with Gasteiger partial charge in [-0.3, -0.25) is 4.90 Å². The van der Waals surface area contributed by atoms with Crippen LogP contribution in [0.25, 0.3) is 0 Å². The first kappa shape index (κ1) is 19.8. The minimum atomic E-state index is -5.06. The summed E-state index contributed by atoms with van der Waals surface area (Å²) >= 11 is 7.01. The van der Waals surface area contributed by atoms with Crippen LogP contribution in [0.2, 0.25) is 5.02 Å². The van der Waals surface area contributed by atoms with Crippen LogP contribution in [0.4, 0.5) is 18.9 Å². The fourth-order valence-corrected chi connectivity index (χ4v) is 4.15. The van der Waals surface area contributed by atoms with Crippen LogP contribution in [-0.4, -0.2) is 54.0 Å². The topological polar surface area (TPSA) is 57.5 Å². The first-order valence-electron chi connectivity index (χ1n) is 8.05. The third kappa shape index (κ3) is 3.04. The standard InChI is InChI=1S/C16H16ClF3N4O2S/c1-4-23(5-2)13-21-15(12(25)26-3,16(18,19)20)22-14-24(13)10-7-6-9(17)8-11(10)27-14/h6-8H,4-5H2,1-3H3/t15-/m1/s1. The second kappa shape index (κ2) is 6.90. The predicted octanol–water partition coefficient (Wildman–Crippen LogP) is 3.75. The lowest BCUT2D eigenvalue weighted by molar-refractivity contribution is -0.201. The number of aliphatic imine (C=N–C) groups is 2. The van der Waals surface area contributed by atoms with Gasteiger partial charge >= 0.3 is 17.8 Å². The SMILES string of the molecule is CCN(CC)C1=N[C@@](C(=O)OC)(C(F)(F)F)N=C2Sc3cc(Cl)ccc3N21. The van der Waals surface area contributed by atoms with Crippen molar-refractivity contribution in [2.24, 2.45) is 9.98 Å². The van der Waals surface area contributed by atoms with Gasteiger partial charge in [0.05, 0.1) is 12.8 Å². The van der Waals surface area contributed by atoms with Gasteiger partial charge in [-0.2, -0.15) is 13.2 Å². The van der Waals surface area contributed by atoms with Gasteiger partial charge in [0.25, 0.3) is 0 Å². The van der Waals surface area contributed by atoms with E-state index < -0.39 is 17.8 Å². The fraction of sp³-hybridized carbons (Fsp3) is 0.438. The van der Waals surface area contributed by atoms with Gasteiger partial charge in [0.15, 0.2) is 5.17 Å². The first-order valence-corrected chi connectivity index (χ1v) is 9.25. The average molecular weight is 421 g/mol. The molecule has 0 aromatic heterocycles. The highest BCUT2D eigenvalue weighted by Gasteiger charge is 2.65. The Morgan fingerprint density at radius 3 is 2.56 bits per heavy atom. The summed E-state index contributed by atoms with van der Waals surface area (Å²) in [6.07, 6.45) is -5.06. The largest absolute Gasteiger partial charge is 0.465 e. The first-order chi connectivity index (χ1) is 12.7. The molecule has 2 aliphatic heterocycles. The molecule has 6 nitrogen and oxygen atoms in total. The Balaban J connectivity index is 2.26. The number of anilines is 1. The Bertz CT molecular complexity index is 841. The molecule has 146 valence electrons. The number of amidine groups is 1. The summed E-state index contributed by atoms with van der Waals surface area (Å²) in [4.78, 5) is 23.4. The molecular weight excluding hydrogens is 405 g/mol. The van der Waals surface area contributed by atoms with Crippen molar-refractivity contribution >= 4 is 46.1 Å². The number of benzene rings is 1. The van der Waals surface area contributed by atoms with Gasteiger partial charge in [-0.25, -0.2) is 14.8 Å². The lowest BCUT2D eigenvalue weighted by atomic mass is 10.1. The summed E-state index contributed by atoms with van der Waals surface area (Å²) in [6, 6.07) is 4.95. The zero-order valence-corrected chi connectivity index (χ0v) is 16.2. The van der Waals surface area contributed by atoms with Gasteiger partial charge in [0.2, 0.25) is 5.96 Å². The van der Waals surface area contributed by atoms with Gasteiger partial charge in [0.1, 0.15) is 0 Å². The van der Waals surface area contributed by atoms with Crippen molar-refractivity contribution in [2.75, 3.05) is 25.1 Å². The number of carbonyl (C=O) groups is 1. The second-order valence-electron chi connectivity index (χ2n) is 5.69. The Hall–Kier alpha value is -1.94. The number of hydrogen-bond donors (Lipinski definition) is 0. The lowest BCUT2D eigenvalue weighted by Crippen LogP contribution is -2.58. The van der Waals surface area contributed by atoms with Crippen molar-refractivity contribution in [3.8, 4) is 0 Å². The van der Waals surface area contributed by atoms with E-state index in [2.05, 4.69) is 14.7 Å². The molecule has 1 aromatic rings. The molecule has 0 fully saturated rings. The quantitative estimate of drug-likeness (QED) is 0.697. The molecule has 11 heteroatoms. The Morgan fingerprint density at radius 2 is 2.00 bits per heavy atom. The number of alkyl halides is 3. The van der Waals surface area contributed by atoms with Gasteiger partial charge in [0, 0.05) is 23.0 Å². The van der Waals surface area contributed by atoms with Gasteiger partial charge in [-0.15, -0.1) is 0 Å². The van der Waals surface area contributed by atoms with Crippen LogP contribution in [0.3, 0.4) is 0 Å². The van der Waals surface area contributed by atoms with E-state index in [-0.39, 0.29) is 11.1 Å². The molecule has 0 aliphatic carbocycles. The maximum absolute atomic E-state index is 13.9. The van der Waals surface area contributed by atoms with Crippen molar-refractivity contribution in [3.63, 3.8) is 0 Å². The van der Waals surface area contributed by atoms with E-state index in [0.717, 1.165) is 18.9 Å². The van der Waals surface area contributed by atoms with Crippen LogP contribution in [0.1, 0.15) is 13.8 Å². The highest BCUT2D eigenvalue weighted by molar-refractivity contribution is 8.15. The van der Waals surface area contributed by atoms with E-state index >= 15 is 0 Å². The van der Waals surface area contributed by atoms with E-state index in [4.69, 9.17) is 11.6 Å². The minimum Gasteiger partial charge on any atom is -0.465 e. The molecule has 0 amide bonds. The summed E-state index contributed by atoms with van der Waals surface area (Å²) in [5.41, 5.74) is -2.74. The highest BCUT2D eigenvalue weighted by atomic mass is 35.5. The van der Waals surface area contributed by atoms with Crippen molar-refractivity contribution in [2.45, 2.75) is 30.6 Å². The number of esters is 1. The number of ether oxygens (including phenoxy) is 1. The Labute approximate surface area is 163 Å². The predicted molar refractivity (Wildman–Crippen MR) is 98.4 cm³/mol. The molecule has 0 saturated heterocycles. The zero-order valence-electron chi connectivity index (χ0n) is 14.7. The molecule has 0 unspecified atom stereocenters. The number of carbonyl (C=O) groups excluding carboxylic acids is 1. The zero-order chi connectivity index (χ0) is 20.0. The fourth-order valence-electron chi connectivity index (χ4n) is 2.82. The molecular formula is C16H16ClF3N4O2S. The maximum Gasteiger partial charge on any atom is 0.446 e. The Morgan fingerprint density at radius 1 is 1.33 bits per heavy atom. The molecule has 0 N–H and O–H groups in total. The van der Waals surface area contributed by atoms with E-state index in [1.165, 1.54) is 4.90 Å². The molecule has 2 aliphatic rings. The molecule has 1 atom stereocenters. The number of guanidine groups is 1. The molecule has 0 spiro atoms. The van der Waals surface area contributed by atoms with Gasteiger partial charge < -0.3 is 9.64 Å². The molecule has 3 rings (SSSR count). The molecule has 27 heavy (non-hydrogen) atoms. The van der Waals surface area contributed by atoms with Crippen LogP contribution in [-0.2, 0) is 9.53 Å². The Kier molecular flexibility index (Phi) is 5.06. The van der Waals surface area contributed by atoms with E-state index in [9.17, 15) is 18.0 Å². The molecule has 0 saturated carbocycles. The third-order valence-corrected chi connectivity index (χ3v) is 5.42. The van der Waals surface area contributed by atoms with Crippen molar-refractivity contribution < 1.29 is 22.7 Å². The van der Waals surface area contributed by atoms with Crippen molar-refractivity contribution in [1.29, 1.82) is 0 Å². The maximum atomic E-state index is 13.9. The number of nitrogens with zero attached hydrogens (tertiary/aromatic N) is 4. The van der Waals surface area contributed by atoms with Crippen LogP contribution in [0.15, 0.2) is 33.1 Å². The number of hydrogen-bond acceptors (Lipinski definition) is 7. The van der Waals surface area contributed by atoms with E-state index in [0.29, 0.717) is 28.7 Å². The number of methoxy groups -OCH3 is 1. The van der Waals surface area contributed by atoms with E-state index in [1.54, 1.807) is 36.9 Å². The number of fused-ring (bicyclic) bond motifs is 3. The van der Waals surface area contributed by atoms with Crippen molar-refractivity contribution in [3.05, 3.63) is 23.2 Å². The summed E-state index contributed by atoms with van der Waals surface area (Å²) in [6.45, 7) is 4.36. The van der Waals surface area contributed by atoms with Gasteiger partial charge in [-0.05, 0) is 43.8 Å². The molecule has 2 heterocycles. The van der Waals surface area contributed by atoms with Crippen molar-refractivity contribution in [1.82, 2.24) is 4.90 Å². The highest BCUT2D eigenvalue weighted by Crippen LogP contribution is 2.48. The molecule has 0 radical (unpaired) electrons. The normalized spacial score (nSPS) is 21.2. The lowest BCUT2D eigenvalue weighted by Gasteiger charge is -2.37. The smallest absolute Gasteiger partial charge is 0.446 e. The number of thioether (sulfide) groups is 1. The number of rotatable bonds is 3. The van der Waals surface area contributed by atoms with Crippen LogP contribution >= 0.6 is 23.4 Å². The molecule has 0 bridgehead atoms. The van der Waals surface area contributed by atoms with Crippen LogP contribution in [0.5, 0.6) is 0 Å².